The summed E-state index contributed by atoms with van der Waals surface area (Å²) in [4.78, 5) is 15.6. The van der Waals surface area contributed by atoms with Gasteiger partial charge in [-0.1, -0.05) is 12.1 Å². The Bertz CT molecular complexity index is 689. The van der Waals surface area contributed by atoms with Gasteiger partial charge in [-0.2, -0.15) is 0 Å². The molecule has 4 nitrogen and oxygen atoms in total. The third-order valence-corrected chi connectivity index (χ3v) is 3.20. The van der Waals surface area contributed by atoms with Crippen LogP contribution in [-0.4, -0.2) is 10.9 Å². The SMILES string of the molecule is Cc1ccc(C(C)NC(=O)c2ccnc(N)c2F)cc1F. The lowest BCUT2D eigenvalue weighted by Crippen LogP contribution is -2.28. The first kappa shape index (κ1) is 14.9. The second-order valence-corrected chi connectivity index (χ2v) is 4.76. The minimum absolute atomic E-state index is 0.193. The zero-order valence-corrected chi connectivity index (χ0v) is 11.7. The molecule has 0 radical (unpaired) electrons. The smallest absolute Gasteiger partial charge is 0.254 e. The summed E-state index contributed by atoms with van der Waals surface area (Å²) in [6, 6.07) is 5.45. The van der Waals surface area contributed by atoms with Gasteiger partial charge >= 0.3 is 0 Å². The molecule has 0 fully saturated rings. The monoisotopic (exact) mass is 291 g/mol. The number of anilines is 1. The minimum Gasteiger partial charge on any atom is -0.381 e. The Kier molecular flexibility index (Phi) is 4.16. The fraction of sp³-hybridized carbons (Fsp3) is 0.200. The van der Waals surface area contributed by atoms with Crippen molar-refractivity contribution >= 4 is 11.7 Å². The number of carbonyl (C=O) groups is 1. The molecule has 0 bridgehead atoms. The maximum absolute atomic E-state index is 13.7. The molecule has 1 amide bonds. The molecule has 0 aliphatic rings. The molecular weight excluding hydrogens is 276 g/mol. The number of aromatic nitrogens is 1. The minimum atomic E-state index is -0.864. The van der Waals surface area contributed by atoms with Crippen LogP contribution < -0.4 is 11.1 Å². The number of carbonyl (C=O) groups excluding carboxylic acids is 1. The van der Waals surface area contributed by atoms with Crippen LogP contribution in [0.25, 0.3) is 0 Å². The van der Waals surface area contributed by atoms with Crippen LogP contribution in [0.3, 0.4) is 0 Å². The van der Waals surface area contributed by atoms with E-state index >= 15 is 0 Å². The van der Waals surface area contributed by atoms with Crippen LogP contribution in [-0.2, 0) is 0 Å². The summed E-state index contributed by atoms with van der Waals surface area (Å²) in [7, 11) is 0. The van der Waals surface area contributed by atoms with Crippen molar-refractivity contribution in [2.24, 2.45) is 0 Å². The topological polar surface area (TPSA) is 68.0 Å². The number of nitrogens with two attached hydrogens (primary N) is 1. The summed E-state index contributed by atoms with van der Waals surface area (Å²) in [6.07, 6.45) is 1.25. The summed E-state index contributed by atoms with van der Waals surface area (Å²) in [5.41, 5.74) is 6.24. The predicted octanol–water partition coefficient (Wildman–Crippen LogP) is 2.74. The molecule has 1 atom stereocenters. The molecule has 21 heavy (non-hydrogen) atoms. The number of benzene rings is 1. The van der Waals surface area contributed by atoms with Gasteiger partial charge in [0, 0.05) is 6.20 Å². The van der Waals surface area contributed by atoms with Crippen molar-refractivity contribution in [3.63, 3.8) is 0 Å². The molecule has 2 rings (SSSR count). The van der Waals surface area contributed by atoms with Crippen LogP contribution in [0.4, 0.5) is 14.6 Å². The molecule has 1 heterocycles. The lowest BCUT2D eigenvalue weighted by Gasteiger charge is -2.15. The molecule has 1 unspecified atom stereocenters. The fourth-order valence-electron chi connectivity index (χ4n) is 1.87. The molecule has 0 saturated carbocycles. The first-order valence-electron chi connectivity index (χ1n) is 6.37. The highest BCUT2D eigenvalue weighted by atomic mass is 19.1. The Morgan fingerprint density at radius 2 is 2.05 bits per heavy atom. The van der Waals surface area contributed by atoms with E-state index in [9.17, 15) is 13.6 Å². The van der Waals surface area contributed by atoms with E-state index in [1.807, 2.05) is 0 Å². The zero-order chi connectivity index (χ0) is 15.6. The van der Waals surface area contributed by atoms with Crippen LogP contribution >= 0.6 is 0 Å². The van der Waals surface area contributed by atoms with E-state index in [-0.39, 0.29) is 17.2 Å². The fourth-order valence-corrected chi connectivity index (χ4v) is 1.87. The number of aryl methyl sites for hydroxylation is 1. The lowest BCUT2D eigenvalue weighted by atomic mass is 10.1. The number of nitrogen functional groups attached to an aromatic ring is 1. The summed E-state index contributed by atoms with van der Waals surface area (Å²) in [5, 5.41) is 2.60. The summed E-state index contributed by atoms with van der Waals surface area (Å²) in [5.74, 6) is -2.18. The average Bonchev–Trinajstić information content (AvgIpc) is 2.44. The third-order valence-electron chi connectivity index (χ3n) is 3.20. The Morgan fingerprint density at radius 1 is 1.33 bits per heavy atom. The van der Waals surface area contributed by atoms with Gasteiger partial charge in [0.05, 0.1) is 11.6 Å². The highest BCUT2D eigenvalue weighted by Crippen LogP contribution is 2.18. The number of nitrogens with one attached hydrogen (secondary N) is 1. The van der Waals surface area contributed by atoms with Crippen molar-refractivity contribution < 1.29 is 13.6 Å². The van der Waals surface area contributed by atoms with Crippen LogP contribution in [0, 0.1) is 18.6 Å². The van der Waals surface area contributed by atoms with Crippen molar-refractivity contribution in [3.8, 4) is 0 Å². The van der Waals surface area contributed by atoms with E-state index in [1.165, 1.54) is 18.3 Å². The Labute approximate surface area is 121 Å². The molecule has 2 aromatic rings. The number of nitrogens with zero attached hydrogens (tertiary/aromatic N) is 1. The molecule has 0 spiro atoms. The molecule has 0 aliphatic carbocycles. The van der Waals surface area contributed by atoms with Gasteiger partial charge in [0.1, 0.15) is 5.82 Å². The second kappa shape index (κ2) is 5.87. The average molecular weight is 291 g/mol. The third kappa shape index (κ3) is 3.16. The molecule has 0 aliphatic heterocycles. The predicted molar refractivity (Wildman–Crippen MR) is 75.6 cm³/mol. The highest BCUT2D eigenvalue weighted by Gasteiger charge is 2.17. The van der Waals surface area contributed by atoms with E-state index in [0.717, 1.165) is 0 Å². The molecule has 6 heteroatoms. The van der Waals surface area contributed by atoms with E-state index in [0.29, 0.717) is 11.1 Å². The van der Waals surface area contributed by atoms with Gasteiger partial charge in [-0.15, -0.1) is 0 Å². The van der Waals surface area contributed by atoms with Crippen LogP contribution in [0.1, 0.15) is 34.5 Å². The van der Waals surface area contributed by atoms with Crippen LogP contribution in [0.2, 0.25) is 0 Å². The van der Waals surface area contributed by atoms with Gasteiger partial charge in [-0.05, 0) is 37.1 Å². The molecule has 110 valence electrons. The van der Waals surface area contributed by atoms with E-state index < -0.39 is 17.8 Å². The van der Waals surface area contributed by atoms with Crippen molar-refractivity contribution in [1.82, 2.24) is 10.3 Å². The number of pyridine rings is 1. The first-order chi connectivity index (χ1) is 9.90. The molecule has 3 N–H and O–H groups in total. The maximum Gasteiger partial charge on any atom is 0.254 e. The van der Waals surface area contributed by atoms with Gasteiger partial charge in [0.2, 0.25) is 0 Å². The highest BCUT2D eigenvalue weighted by molar-refractivity contribution is 5.95. The maximum atomic E-state index is 13.7. The Morgan fingerprint density at radius 3 is 2.71 bits per heavy atom. The molecule has 1 aromatic carbocycles. The number of hydrogen-bond donors (Lipinski definition) is 2. The van der Waals surface area contributed by atoms with Gasteiger partial charge in [0.15, 0.2) is 11.6 Å². The normalized spacial score (nSPS) is 12.0. The van der Waals surface area contributed by atoms with Gasteiger partial charge in [0.25, 0.3) is 5.91 Å². The number of rotatable bonds is 3. The van der Waals surface area contributed by atoms with Crippen LogP contribution in [0.15, 0.2) is 30.5 Å². The summed E-state index contributed by atoms with van der Waals surface area (Å²) in [6.45, 7) is 3.34. The van der Waals surface area contributed by atoms with E-state index in [4.69, 9.17) is 5.73 Å². The second-order valence-electron chi connectivity index (χ2n) is 4.76. The van der Waals surface area contributed by atoms with Crippen LogP contribution in [0.5, 0.6) is 0 Å². The molecule has 1 aromatic heterocycles. The van der Waals surface area contributed by atoms with E-state index in [1.54, 1.807) is 26.0 Å². The number of amides is 1. The first-order valence-corrected chi connectivity index (χ1v) is 6.37. The largest absolute Gasteiger partial charge is 0.381 e. The van der Waals surface area contributed by atoms with E-state index in [2.05, 4.69) is 10.3 Å². The lowest BCUT2D eigenvalue weighted by molar-refractivity contribution is 0.0935. The standard InChI is InChI=1S/C15H15F2N3O/c1-8-3-4-10(7-12(8)16)9(2)20-15(21)11-5-6-19-14(18)13(11)17/h3-7,9H,1-2H3,(H2,18,19)(H,20,21). The zero-order valence-electron chi connectivity index (χ0n) is 11.7. The molecular formula is C15H15F2N3O. The quantitative estimate of drug-likeness (QED) is 0.913. The van der Waals surface area contributed by atoms with Gasteiger partial charge in [-0.25, -0.2) is 13.8 Å². The Balaban J connectivity index is 2.18. The summed E-state index contributed by atoms with van der Waals surface area (Å²) >= 11 is 0. The van der Waals surface area contributed by atoms with Crippen molar-refractivity contribution in [1.29, 1.82) is 0 Å². The van der Waals surface area contributed by atoms with Crippen molar-refractivity contribution in [2.75, 3.05) is 5.73 Å². The van der Waals surface area contributed by atoms with Gasteiger partial charge < -0.3 is 11.1 Å². The summed E-state index contributed by atoms with van der Waals surface area (Å²) < 4.78 is 27.2. The van der Waals surface area contributed by atoms with Gasteiger partial charge in [-0.3, -0.25) is 4.79 Å². The number of hydrogen-bond acceptors (Lipinski definition) is 3. The Hall–Kier alpha value is -2.50. The van der Waals surface area contributed by atoms with Crippen molar-refractivity contribution in [2.45, 2.75) is 19.9 Å². The molecule has 0 saturated heterocycles. The van der Waals surface area contributed by atoms with Crippen molar-refractivity contribution in [3.05, 3.63) is 58.8 Å². The number of halogens is 2.